The number of benzene rings is 2. The summed E-state index contributed by atoms with van der Waals surface area (Å²) >= 11 is 7.47. The van der Waals surface area contributed by atoms with Crippen LogP contribution >= 0.6 is 22.9 Å². The molecule has 186 valence electrons. The molecule has 35 heavy (non-hydrogen) atoms. The molecule has 4 rings (SSSR count). The minimum atomic E-state index is -2.54. The lowest BCUT2D eigenvalue weighted by molar-refractivity contribution is 0.0967. The zero-order valence-electron chi connectivity index (χ0n) is 19.3. The van der Waals surface area contributed by atoms with Crippen LogP contribution in [0, 0.1) is 0 Å². The highest BCUT2D eigenvalue weighted by Gasteiger charge is 2.23. The summed E-state index contributed by atoms with van der Waals surface area (Å²) in [5.74, 6) is -0.674. The van der Waals surface area contributed by atoms with Crippen LogP contribution in [-0.2, 0) is 16.5 Å². The van der Waals surface area contributed by atoms with Gasteiger partial charge in [0.1, 0.15) is 10.7 Å². The quantitative estimate of drug-likeness (QED) is 0.414. The van der Waals surface area contributed by atoms with Crippen molar-refractivity contribution in [2.24, 2.45) is 0 Å². The highest BCUT2D eigenvalue weighted by Crippen LogP contribution is 2.28. The Balaban J connectivity index is 1.44. The Kier molecular flexibility index (Phi) is 7.90. The maximum Gasteiger partial charge on any atom is 0.327 e. The molecule has 3 amide bonds. The summed E-state index contributed by atoms with van der Waals surface area (Å²) in [4.78, 5) is 34.1. The first-order valence-electron chi connectivity index (χ1n) is 11.0. The molecule has 0 saturated carbocycles. The van der Waals surface area contributed by atoms with Crippen LogP contribution in [0.1, 0.15) is 28.8 Å². The van der Waals surface area contributed by atoms with E-state index in [1.165, 1.54) is 11.3 Å². The van der Waals surface area contributed by atoms with Gasteiger partial charge in [-0.1, -0.05) is 29.0 Å². The molecule has 2 heterocycles. The van der Waals surface area contributed by atoms with Gasteiger partial charge in [0.25, 0.3) is 5.91 Å². The van der Waals surface area contributed by atoms with Gasteiger partial charge in [-0.15, -0.1) is 0 Å². The number of rotatable bonds is 6. The molecule has 1 saturated heterocycles. The normalized spacial score (nSPS) is 16.1. The summed E-state index contributed by atoms with van der Waals surface area (Å²) in [6, 6.07) is 10.1. The third kappa shape index (κ3) is 6.29. The van der Waals surface area contributed by atoms with Crippen molar-refractivity contribution in [1.29, 1.82) is 0 Å². The van der Waals surface area contributed by atoms with E-state index < -0.39 is 22.6 Å². The highest BCUT2D eigenvalue weighted by molar-refractivity contribution is 7.71. The highest BCUT2D eigenvalue weighted by atomic mass is 35.5. The van der Waals surface area contributed by atoms with Gasteiger partial charge >= 0.3 is 6.03 Å². The average Bonchev–Trinajstić information content (AvgIpc) is 3.20. The van der Waals surface area contributed by atoms with Crippen LogP contribution in [0.3, 0.4) is 0 Å². The molecule has 0 radical (unpaired) electrons. The number of halogens is 1. The first-order valence-corrected chi connectivity index (χ1v) is 13.6. The van der Waals surface area contributed by atoms with E-state index in [2.05, 4.69) is 39.5 Å². The van der Waals surface area contributed by atoms with Crippen molar-refractivity contribution >= 4 is 66.6 Å². The summed E-state index contributed by atoms with van der Waals surface area (Å²) in [6.45, 7) is 1.74. The van der Waals surface area contributed by atoms with E-state index in [1.54, 1.807) is 30.3 Å². The fourth-order valence-electron chi connectivity index (χ4n) is 4.06. The van der Waals surface area contributed by atoms with E-state index >= 15 is 0 Å². The van der Waals surface area contributed by atoms with Crippen molar-refractivity contribution in [3.63, 3.8) is 0 Å². The number of carbonyl (C=O) groups is 2. The van der Waals surface area contributed by atoms with Crippen molar-refractivity contribution < 1.29 is 18.0 Å². The molecule has 0 aliphatic carbocycles. The number of nitrogens with zero attached hydrogens (tertiary/aromatic N) is 3. The van der Waals surface area contributed by atoms with Crippen LogP contribution in [0.5, 0.6) is 0 Å². The van der Waals surface area contributed by atoms with Crippen LogP contribution in [0.25, 0.3) is 10.2 Å². The third-order valence-corrected chi connectivity index (χ3v) is 7.79. The SMILES string of the molecule is CN(C)C1CCCN(c2ccc(Cl)c(C(=O)NC(=O)Nc3nc4ccc(C[SH](=O)=O)cc4s3)c2)C1. The van der Waals surface area contributed by atoms with Gasteiger partial charge in [0, 0.05) is 24.8 Å². The van der Waals surface area contributed by atoms with Gasteiger partial charge < -0.3 is 9.80 Å². The number of likely N-dealkylation sites (N-methyl/N-ethyl adjacent to an activating group) is 1. The zero-order chi connectivity index (χ0) is 25.1. The van der Waals surface area contributed by atoms with Gasteiger partial charge in [-0.3, -0.25) is 15.4 Å². The second-order valence-electron chi connectivity index (χ2n) is 8.59. The number of nitrogens with one attached hydrogen (secondary N) is 2. The Bertz CT molecular complexity index is 1330. The minimum Gasteiger partial charge on any atom is -0.370 e. The number of piperidine rings is 1. The van der Waals surface area contributed by atoms with E-state index in [1.807, 2.05) is 6.07 Å². The fourth-order valence-corrected chi connectivity index (χ4v) is 5.69. The Morgan fingerprint density at radius 1 is 1.23 bits per heavy atom. The molecule has 9 nitrogen and oxygen atoms in total. The fraction of sp³-hybridized carbons (Fsp3) is 0.348. The number of anilines is 2. The Morgan fingerprint density at radius 2 is 2.03 bits per heavy atom. The Morgan fingerprint density at radius 3 is 2.77 bits per heavy atom. The molecule has 1 unspecified atom stereocenters. The maximum atomic E-state index is 12.8. The molecule has 2 N–H and O–H groups in total. The van der Waals surface area contributed by atoms with Crippen LogP contribution in [0.15, 0.2) is 36.4 Å². The van der Waals surface area contributed by atoms with Crippen molar-refractivity contribution in [2.45, 2.75) is 24.6 Å². The molecule has 0 bridgehead atoms. The summed E-state index contributed by atoms with van der Waals surface area (Å²) in [6.07, 6.45) is 2.17. The first-order chi connectivity index (χ1) is 16.7. The van der Waals surface area contributed by atoms with E-state index in [0.29, 0.717) is 17.1 Å². The van der Waals surface area contributed by atoms with Gasteiger partial charge in [-0.25, -0.2) is 18.2 Å². The molecule has 1 aromatic heterocycles. The molecule has 12 heteroatoms. The van der Waals surface area contributed by atoms with Gasteiger partial charge in [0.05, 0.1) is 26.6 Å². The average molecular weight is 536 g/mol. The lowest BCUT2D eigenvalue weighted by Crippen LogP contribution is -2.45. The van der Waals surface area contributed by atoms with E-state index in [0.717, 1.165) is 36.3 Å². The van der Waals surface area contributed by atoms with Gasteiger partial charge in [0.15, 0.2) is 5.13 Å². The van der Waals surface area contributed by atoms with Crippen molar-refractivity contribution in [1.82, 2.24) is 15.2 Å². The summed E-state index contributed by atoms with van der Waals surface area (Å²) in [5.41, 5.74) is 2.36. The van der Waals surface area contributed by atoms with Gasteiger partial charge in [0.2, 0.25) is 0 Å². The molecule has 0 spiro atoms. The number of fused-ring (bicyclic) bond motifs is 1. The van der Waals surface area contributed by atoms with Gasteiger partial charge in [-0.05, 0) is 62.8 Å². The Labute approximate surface area is 214 Å². The predicted octanol–water partition coefficient (Wildman–Crippen LogP) is 3.55. The van der Waals surface area contributed by atoms with Crippen LogP contribution < -0.4 is 15.5 Å². The van der Waals surface area contributed by atoms with E-state index in [9.17, 15) is 18.0 Å². The second kappa shape index (κ2) is 10.9. The molecular formula is C23H26ClN5O4S2. The zero-order valence-corrected chi connectivity index (χ0v) is 21.8. The van der Waals surface area contributed by atoms with Crippen molar-refractivity contribution in [2.75, 3.05) is 37.4 Å². The number of thiazole rings is 1. The molecule has 1 aliphatic rings. The number of hydrogen-bond donors (Lipinski definition) is 3. The monoisotopic (exact) mass is 535 g/mol. The summed E-state index contributed by atoms with van der Waals surface area (Å²) in [5, 5.41) is 5.42. The largest absolute Gasteiger partial charge is 0.370 e. The molecule has 1 atom stereocenters. The molecular weight excluding hydrogens is 510 g/mol. The number of hydrogen-bond acceptors (Lipinski definition) is 8. The number of thiol groups is 1. The number of aromatic nitrogens is 1. The molecule has 1 fully saturated rings. The van der Waals surface area contributed by atoms with Crippen molar-refractivity contribution in [3.8, 4) is 0 Å². The third-order valence-electron chi connectivity index (χ3n) is 5.90. The van der Waals surface area contributed by atoms with Crippen LogP contribution in [0.2, 0.25) is 5.02 Å². The van der Waals surface area contributed by atoms with E-state index in [4.69, 9.17) is 11.6 Å². The van der Waals surface area contributed by atoms with Crippen LogP contribution in [0.4, 0.5) is 15.6 Å². The smallest absolute Gasteiger partial charge is 0.327 e. The Hall–Kier alpha value is -2.73. The lowest BCUT2D eigenvalue weighted by atomic mass is 10.0. The predicted molar refractivity (Wildman–Crippen MR) is 140 cm³/mol. The van der Waals surface area contributed by atoms with Gasteiger partial charge in [-0.2, -0.15) is 0 Å². The topological polar surface area (TPSA) is 112 Å². The molecule has 3 aromatic rings. The molecule has 2 aromatic carbocycles. The number of imide groups is 1. The van der Waals surface area contributed by atoms with Crippen LogP contribution in [-0.4, -0.2) is 63.5 Å². The number of urea groups is 1. The number of amides is 3. The van der Waals surface area contributed by atoms with Crippen molar-refractivity contribution in [3.05, 3.63) is 52.5 Å². The number of carbonyl (C=O) groups excluding carboxylic acids is 2. The first kappa shape index (κ1) is 25.4. The summed E-state index contributed by atoms with van der Waals surface area (Å²) < 4.78 is 22.7. The standard InChI is InChI=1S/C23H26ClN5O4S2/c1-28(2)16-4-3-9-29(12-16)15-6-7-18(24)17(11-15)21(30)26-22(31)27-23-25-19-8-5-14(13-35(32)33)10-20(19)34-23/h5-8,10-11,16,35H,3-4,9,12-13H2,1-2H3,(H2,25,26,27,30,31). The van der Waals surface area contributed by atoms with E-state index in [-0.39, 0.29) is 21.5 Å². The maximum absolute atomic E-state index is 12.8. The minimum absolute atomic E-state index is 0.0615. The lowest BCUT2D eigenvalue weighted by Gasteiger charge is -2.37. The molecule has 1 aliphatic heterocycles. The summed E-state index contributed by atoms with van der Waals surface area (Å²) in [7, 11) is 1.59. The second-order valence-corrected chi connectivity index (χ2v) is 11.0.